The average Bonchev–Trinajstić information content (AvgIpc) is 2.96. The number of hydrogen-bond acceptors (Lipinski definition) is 3. The lowest BCUT2D eigenvalue weighted by atomic mass is 9.53. The Morgan fingerprint density at radius 3 is 2.70 bits per heavy atom. The fraction of sp³-hybridized carbons (Fsp3) is 0.812. The summed E-state index contributed by atoms with van der Waals surface area (Å²) in [5, 5.41) is 4.30. The summed E-state index contributed by atoms with van der Waals surface area (Å²) in [6.45, 7) is 11.3. The van der Waals surface area contributed by atoms with Gasteiger partial charge in [-0.1, -0.05) is 13.8 Å². The van der Waals surface area contributed by atoms with E-state index in [1.165, 1.54) is 19.4 Å². The van der Waals surface area contributed by atoms with E-state index in [1.54, 1.807) is 0 Å². The van der Waals surface area contributed by atoms with Crippen LogP contribution in [0.2, 0.25) is 0 Å². The number of hydrogen-bond donors (Lipinski definition) is 0. The first-order chi connectivity index (χ1) is 9.66. The number of aromatic nitrogens is 2. The Kier molecular flexibility index (Phi) is 4.13. The smallest absolute Gasteiger partial charge is 0.0594 e. The van der Waals surface area contributed by atoms with E-state index in [4.69, 9.17) is 4.74 Å². The monoisotopic (exact) mass is 277 g/mol. The van der Waals surface area contributed by atoms with Gasteiger partial charge in [0, 0.05) is 38.6 Å². The maximum Gasteiger partial charge on any atom is 0.0594 e. The Balaban J connectivity index is 1.46. The summed E-state index contributed by atoms with van der Waals surface area (Å²) in [7, 11) is 0. The zero-order valence-corrected chi connectivity index (χ0v) is 12.8. The minimum atomic E-state index is 0.478. The first-order valence-corrected chi connectivity index (χ1v) is 7.94. The van der Waals surface area contributed by atoms with Gasteiger partial charge in [0.25, 0.3) is 0 Å². The minimum absolute atomic E-state index is 0.478. The number of rotatable bonds is 5. The van der Waals surface area contributed by atoms with E-state index >= 15 is 0 Å². The van der Waals surface area contributed by atoms with Crippen LogP contribution in [0.15, 0.2) is 18.5 Å². The van der Waals surface area contributed by atoms with Crippen LogP contribution >= 0.6 is 0 Å². The highest BCUT2D eigenvalue weighted by Crippen LogP contribution is 2.53. The van der Waals surface area contributed by atoms with E-state index in [-0.39, 0.29) is 0 Å². The molecule has 1 aliphatic heterocycles. The molecule has 2 heterocycles. The van der Waals surface area contributed by atoms with Crippen LogP contribution in [0.1, 0.15) is 26.7 Å². The topological polar surface area (TPSA) is 30.3 Å². The fourth-order valence-corrected chi connectivity index (χ4v) is 3.74. The summed E-state index contributed by atoms with van der Waals surface area (Å²) in [4.78, 5) is 2.58. The highest BCUT2D eigenvalue weighted by atomic mass is 16.5. The molecular formula is C16H27N3O. The van der Waals surface area contributed by atoms with Gasteiger partial charge in [0.1, 0.15) is 0 Å². The molecule has 0 aromatic carbocycles. The molecule has 1 saturated carbocycles. The second kappa shape index (κ2) is 5.86. The first-order valence-electron chi connectivity index (χ1n) is 7.94. The summed E-state index contributed by atoms with van der Waals surface area (Å²) >= 11 is 0. The summed E-state index contributed by atoms with van der Waals surface area (Å²) in [6.07, 6.45) is 6.57. The van der Waals surface area contributed by atoms with Gasteiger partial charge in [-0.05, 0) is 36.2 Å². The Bertz CT molecular complexity index is 409. The van der Waals surface area contributed by atoms with Crippen molar-refractivity contribution in [2.75, 3.05) is 32.8 Å². The van der Waals surface area contributed by atoms with Crippen molar-refractivity contribution < 1.29 is 4.74 Å². The van der Waals surface area contributed by atoms with E-state index in [9.17, 15) is 0 Å². The van der Waals surface area contributed by atoms with Gasteiger partial charge in [0.05, 0.1) is 13.2 Å². The number of aryl methyl sites for hydroxylation is 1. The molecule has 1 saturated heterocycles. The molecule has 2 atom stereocenters. The van der Waals surface area contributed by atoms with Crippen molar-refractivity contribution in [3.63, 3.8) is 0 Å². The van der Waals surface area contributed by atoms with Crippen molar-refractivity contribution in [3.05, 3.63) is 18.5 Å². The van der Waals surface area contributed by atoms with Crippen LogP contribution in [0, 0.1) is 17.3 Å². The van der Waals surface area contributed by atoms with Gasteiger partial charge in [-0.15, -0.1) is 0 Å². The molecule has 3 rings (SSSR count). The van der Waals surface area contributed by atoms with E-state index < -0.39 is 0 Å². The lowest BCUT2D eigenvalue weighted by Crippen LogP contribution is -2.52. The Morgan fingerprint density at radius 2 is 2.05 bits per heavy atom. The summed E-state index contributed by atoms with van der Waals surface area (Å²) in [5.41, 5.74) is 0.478. The number of nitrogens with zero attached hydrogens (tertiary/aromatic N) is 3. The second-order valence-electron chi connectivity index (χ2n) is 6.92. The van der Waals surface area contributed by atoms with Crippen LogP contribution < -0.4 is 0 Å². The van der Waals surface area contributed by atoms with Crippen LogP contribution in [0.25, 0.3) is 0 Å². The van der Waals surface area contributed by atoms with E-state index in [0.717, 1.165) is 44.7 Å². The number of ether oxygens (including phenoxy) is 1. The molecule has 20 heavy (non-hydrogen) atoms. The largest absolute Gasteiger partial charge is 0.379 e. The van der Waals surface area contributed by atoms with Crippen molar-refractivity contribution in [2.24, 2.45) is 17.3 Å². The highest BCUT2D eigenvalue weighted by molar-refractivity contribution is 4.97. The quantitative estimate of drug-likeness (QED) is 0.827. The molecule has 1 aromatic rings. The van der Waals surface area contributed by atoms with Crippen LogP contribution in [0.3, 0.4) is 0 Å². The molecule has 0 radical (unpaired) electrons. The molecule has 0 N–H and O–H groups in total. The predicted molar refractivity (Wildman–Crippen MR) is 79.5 cm³/mol. The molecule has 4 heteroatoms. The molecule has 0 amide bonds. The number of morpholine rings is 1. The molecule has 0 spiro atoms. The fourth-order valence-electron chi connectivity index (χ4n) is 3.74. The molecule has 0 bridgehead atoms. The van der Waals surface area contributed by atoms with Crippen molar-refractivity contribution in [3.8, 4) is 0 Å². The zero-order valence-electron chi connectivity index (χ0n) is 12.8. The van der Waals surface area contributed by atoms with Gasteiger partial charge >= 0.3 is 0 Å². The Morgan fingerprint density at radius 1 is 1.25 bits per heavy atom. The molecule has 1 aliphatic carbocycles. The summed E-state index contributed by atoms with van der Waals surface area (Å²) in [6, 6.07) is 2.01. The molecule has 4 nitrogen and oxygen atoms in total. The normalized spacial score (nSPS) is 30.1. The van der Waals surface area contributed by atoms with Gasteiger partial charge in [0.2, 0.25) is 0 Å². The molecule has 2 aliphatic rings. The lowest BCUT2D eigenvalue weighted by molar-refractivity contribution is -0.0618. The maximum absolute atomic E-state index is 5.43. The third-order valence-electron chi connectivity index (χ3n) is 5.52. The zero-order chi connectivity index (χ0) is 14.0. The van der Waals surface area contributed by atoms with Gasteiger partial charge in [0.15, 0.2) is 0 Å². The maximum atomic E-state index is 5.43. The molecule has 112 valence electrons. The minimum Gasteiger partial charge on any atom is -0.379 e. The average molecular weight is 277 g/mol. The standard InChI is InChI=1S/C16H27N3O/c1-16(2)14(4-7-19-6-3-5-17-19)12-15(16)13-18-8-10-20-11-9-18/h3,5-6,14-15H,4,7-13H2,1-2H3/t14-,15-/m0/s1. The predicted octanol–water partition coefficient (Wildman–Crippen LogP) is 2.27. The summed E-state index contributed by atoms with van der Waals surface area (Å²) in [5.74, 6) is 1.70. The van der Waals surface area contributed by atoms with Crippen LogP contribution in [-0.4, -0.2) is 47.5 Å². The van der Waals surface area contributed by atoms with Crippen LogP contribution in [0.5, 0.6) is 0 Å². The Hall–Kier alpha value is -0.870. The first kappa shape index (κ1) is 14.1. The third kappa shape index (κ3) is 2.91. The van der Waals surface area contributed by atoms with Crippen molar-refractivity contribution in [2.45, 2.75) is 33.2 Å². The Labute approximate surface area is 122 Å². The van der Waals surface area contributed by atoms with E-state index in [0.29, 0.717) is 5.41 Å². The van der Waals surface area contributed by atoms with E-state index in [2.05, 4.69) is 34.7 Å². The van der Waals surface area contributed by atoms with E-state index in [1.807, 2.05) is 12.3 Å². The van der Waals surface area contributed by atoms with Gasteiger partial charge in [-0.2, -0.15) is 5.10 Å². The third-order valence-corrected chi connectivity index (χ3v) is 5.52. The van der Waals surface area contributed by atoms with Gasteiger partial charge in [-0.3, -0.25) is 9.58 Å². The molecule has 2 fully saturated rings. The van der Waals surface area contributed by atoms with Gasteiger partial charge < -0.3 is 4.74 Å². The lowest BCUT2D eigenvalue weighted by Gasteiger charge is -2.54. The van der Waals surface area contributed by atoms with Crippen molar-refractivity contribution >= 4 is 0 Å². The molecular weight excluding hydrogens is 250 g/mol. The second-order valence-corrected chi connectivity index (χ2v) is 6.92. The highest BCUT2D eigenvalue weighted by Gasteiger charge is 2.47. The van der Waals surface area contributed by atoms with Crippen molar-refractivity contribution in [1.29, 1.82) is 0 Å². The van der Waals surface area contributed by atoms with Gasteiger partial charge in [-0.25, -0.2) is 0 Å². The molecule has 1 aromatic heterocycles. The van der Waals surface area contributed by atoms with Crippen molar-refractivity contribution in [1.82, 2.24) is 14.7 Å². The molecule has 0 unspecified atom stereocenters. The SMILES string of the molecule is CC1(C)[C@@H](CCn2cccn2)C[C@H]1CN1CCOCC1. The van der Waals surface area contributed by atoms with Crippen LogP contribution in [0.4, 0.5) is 0 Å². The summed E-state index contributed by atoms with van der Waals surface area (Å²) < 4.78 is 7.50. The van der Waals surface area contributed by atoms with Crippen LogP contribution in [-0.2, 0) is 11.3 Å².